The molecular weight excluding hydrogens is 725 g/mol. The Morgan fingerprint density at radius 3 is 2.24 bits per heavy atom. The van der Waals surface area contributed by atoms with Crippen LogP contribution in [0.1, 0.15) is 132 Å². The van der Waals surface area contributed by atoms with Crippen LogP contribution in [0, 0.1) is 56.2 Å². The fourth-order valence-electron chi connectivity index (χ4n) is 12.9. The number of benzene rings is 1. The van der Waals surface area contributed by atoms with Crippen molar-refractivity contribution in [3.63, 3.8) is 0 Å². The lowest BCUT2D eigenvalue weighted by atomic mass is 9.33. The SMILES string of the molecule is CC(C)C1=C2[C@H]3CC[C@@H]4[C@@]5(C)CC[C@H](OC(=O)CC(C)(C)C(=O)O)C(C)(C)[C@@H]5CC[C@@]4(C)[C@]3(C)CC[C@@]2(C(=O)C(=O)NCc2ccc(Cl)cc2Cl)CC1=O. The molecule has 4 fully saturated rings. The number of aliphatic carboxylic acids is 1. The third-order valence-electron chi connectivity index (χ3n) is 15.9. The van der Waals surface area contributed by atoms with Gasteiger partial charge in [0.05, 0.1) is 17.3 Å². The van der Waals surface area contributed by atoms with E-state index in [0.717, 1.165) is 56.1 Å². The van der Waals surface area contributed by atoms with Gasteiger partial charge >= 0.3 is 11.9 Å². The maximum atomic E-state index is 14.5. The summed E-state index contributed by atoms with van der Waals surface area (Å²) in [5.41, 5.74) is -0.607. The monoisotopic (exact) mass is 783 g/mol. The predicted octanol–water partition coefficient (Wildman–Crippen LogP) is 9.57. The highest BCUT2D eigenvalue weighted by atomic mass is 35.5. The van der Waals surface area contributed by atoms with Crippen molar-refractivity contribution in [3.05, 3.63) is 45.0 Å². The minimum atomic E-state index is -1.20. The zero-order valence-electron chi connectivity index (χ0n) is 33.5. The molecule has 5 aliphatic rings. The van der Waals surface area contributed by atoms with E-state index in [1.807, 2.05) is 13.8 Å². The molecule has 0 spiro atoms. The van der Waals surface area contributed by atoms with E-state index in [0.29, 0.717) is 33.9 Å². The van der Waals surface area contributed by atoms with Crippen molar-refractivity contribution in [2.75, 3.05) is 0 Å². The van der Waals surface area contributed by atoms with Gasteiger partial charge in [0.15, 0.2) is 5.78 Å². The molecule has 0 heterocycles. The van der Waals surface area contributed by atoms with Crippen molar-refractivity contribution in [2.45, 2.75) is 139 Å². The molecule has 2 N–H and O–H groups in total. The molecule has 296 valence electrons. The Morgan fingerprint density at radius 2 is 1.61 bits per heavy atom. The number of carboxylic acids is 1. The van der Waals surface area contributed by atoms with Gasteiger partial charge in [0.2, 0.25) is 5.78 Å². The molecule has 54 heavy (non-hydrogen) atoms. The van der Waals surface area contributed by atoms with E-state index in [-0.39, 0.29) is 64.8 Å². The van der Waals surface area contributed by atoms with E-state index in [9.17, 15) is 29.1 Å². The van der Waals surface area contributed by atoms with Gasteiger partial charge < -0.3 is 15.2 Å². The molecule has 0 aromatic heterocycles. The number of fused-ring (bicyclic) bond motifs is 7. The Labute approximate surface area is 330 Å². The predicted molar refractivity (Wildman–Crippen MR) is 209 cm³/mol. The Balaban J connectivity index is 1.28. The van der Waals surface area contributed by atoms with Crippen molar-refractivity contribution < 1.29 is 33.8 Å². The summed E-state index contributed by atoms with van der Waals surface area (Å²) >= 11 is 12.4. The van der Waals surface area contributed by atoms with Crippen molar-refractivity contribution in [1.29, 1.82) is 0 Å². The van der Waals surface area contributed by atoms with E-state index in [4.69, 9.17) is 27.9 Å². The summed E-state index contributed by atoms with van der Waals surface area (Å²) in [6.45, 7) is 19.0. The van der Waals surface area contributed by atoms with Crippen molar-refractivity contribution in [3.8, 4) is 0 Å². The first-order valence-electron chi connectivity index (χ1n) is 19.9. The van der Waals surface area contributed by atoms with E-state index >= 15 is 0 Å². The Kier molecular flexibility index (Phi) is 10.4. The van der Waals surface area contributed by atoms with Gasteiger partial charge in [-0.2, -0.15) is 0 Å². The first-order chi connectivity index (χ1) is 25.0. The highest BCUT2D eigenvalue weighted by molar-refractivity contribution is 6.40. The molecule has 10 heteroatoms. The Bertz CT molecular complexity index is 1810. The number of ketones is 2. The van der Waals surface area contributed by atoms with E-state index in [1.165, 1.54) is 0 Å². The lowest BCUT2D eigenvalue weighted by Gasteiger charge is -2.72. The highest BCUT2D eigenvalue weighted by Crippen LogP contribution is 2.76. The van der Waals surface area contributed by atoms with Gasteiger partial charge in [-0.1, -0.05) is 77.7 Å². The Hall–Kier alpha value is -2.71. The molecule has 8 atom stereocenters. The van der Waals surface area contributed by atoms with Gasteiger partial charge in [-0.15, -0.1) is 0 Å². The van der Waals surface area contributed by atoms with Gasteiger partial charge in [0, 0.05) is 28.4 Å². The molecule has 1 aromatic carbocycles. The van der Waals surface area contributed by atoms with Crippen molar-refractivity contribution in [1.82, 2.24) is 5.32 Å². The number of nitrogens with one attached hydrogen (secondary N) is 1. The van der Waals surface area contributed by atoms with Crippen LogP contribution in [0.3, 0.4) is 0 Å². The van der Waals surface area contributed by atoms with Gasteiger partial charge in [0.25, 0.3) is 5.91 Å². The number of esters is 1. The second-order valence-corrected chi connectivity index (χ2v) is 20.6. The summed E-state index contributed by atoms with van der Waals surface area (Å²) in [7, 11) is 0. The maximum Gasteiger partial charge on any atom is 0.309 e. The fraction of sp³-hybridized carbons (Fsp3) is 0.705. The molecule has 4 saturated carbocycles. The summed E-state index contributed by atoms with van der Waals surface area (Å²) in [6.07, 6.45) is 6.15. The van der Waals surface area contributed by atoms with Crippen LogP contribution < -0.4 is 5.32 Å². The number of hydrogen-bond acceptors (Lipinski definition) is 6. The first kappa shape index (κ1) is 40.9. The van der Waals surface area contributed by atoms with E-state index in [1.54, 1.807) is 32.0 Å². The maximum absolute atomic E-state index is 14.5. The normalized spacial score (nSPS) is 35.7. The van der Waals surface area contributed by atoms with Crippen LogP contribution in [0.5, 0.6) is 0 Å². The fourth-order valence-corrected chi connectivity index (χ4v) is 13.3. The highest BCUT2D eigenvalue weighted by Gasteiger charge is 2.71. The second kappa shape index (κ2) is 13.7. The molecule has 6 rings (SSSR count). The standard InChI is InChI=1S/C44H59Cl2NO7/c1-24(2)34-29(48)21-44(36(50)37(51)47-23-25-10-11-26(45)20-28(25)46)19-18-42(8)27(35(34)44)12-13-31-41(7)16-15-32(54-33(49)22-39(3,4)38(52)53)40(5,6)30(41)14-17-43(31,42)9/h10-11,20,24,27,30-32H,12-19,21-23H2,1-9H3,(H,47,51)(H,52,53)/t27-,30+,31-,32+,41+,42-,43-,44-/m1/s1. The lowest BCUT2D eigenvalue weighted by Crippen LogP contribution is -2.66. The molecular formula is C44H59Cl2NO7. The van der Waals surface area contributed by atoms with Crippen LogP contribution in [0.2, 0.25) is 10.0 Å². The minimum Gasteiger partial charge on any atom is -0.481 e. The van der Waals surface area contributed by atoms with Crippen molar-refractivity contribution in [2.24, 2.45) is 56.2 Å². The summed E-state index contributed by atoms with van der Waals surface area (Å²) in [5.74, 6) is -2.07. The summed E-state index contributed by atoms with van der Waals surface area (Å²) in [6, 6.07) is 5.04. The van der Waals surface area contributed by atoms with E-state index in [2.05, 4.69) is 39.9 Å². The van der Waals surface area contributed by atoms with Gasteiger partial charge in [-0.3, -0.25) is 24.0 Å². The number of rotatable bonds is 9. The summed E-state index contributed by atoms with van der Waals surface area (Å²) in [5, 5.41) is 13.3. The number of allylic oxidation sites excluding steroid dienone is 2. The first-order valence-corrected chi connectivity index (χ1v) is 20.7. The smallest absolute Gasteiger partial charge is 0.309 e. The van der Waals surface area contributed by atoms with Gasteiger partial charge in [-0.25, -0.2) is 0 Å². The molecule has 1 aromatic rings. The average Bonchev–Trinajstić information content (AvgIpc) is 3.38. The molecule has 0 aliphatic heterocycles. The molecule has 5 aliphatic carbocycles. The average molecular weight is 785 g/mol. The number of amides is 1. The third-order valence-corrected chi connectivity index (χ3v) is 16.5. The number of halogens is 2. The van der Waals surface area contributed by atoms with Crippen LogP contribution in [0.4, 0.5) is 0 Å². The number of carbonyl (C=O) groups is 5. The molecule has 0 bridgehead atoms. The Morgan fingerprint density at radius 1 is 0.926 bits per heavy atom. The number of ether oxygens (including phenoxy) is 1. The van der Waals surface area contributed by atoms with Crippen molar-refractivity contribution >= 4 is 52.6 Å². The minimum absolute atomic E-state index is 0.00172. The summed E-state index contributed by atoms with van der Waals surface area (Å²) < 4.78 is 6.13. The van der Waals surface area contributed by atoms with Crippen LogP contribution in [-0.4, -0.2) is 40.6 Å². The zero-order chi connectivity index (χ0) is 40.0. The summed E-state index contributed by atoms with van der Waals surface area (Å²) in [4.78, 5) is 67.1. The third kappa shape index (κ3) is 6.19. The van der Waals surface area contributed by atoms with Gasteiger partial charge in [-0.05, 0) is 134 Å². The zero-order valence-corrected chi connectivity index (χ0v) is 35.1. The van der Waals surface area contributed by atoms with Crippen LogP contribution in [-0.2, 0) is 35.3 Å². The van der Waals surface area contributed by atoms with Crippen LogP contribution in [0.15, 0.2) is 29.3 Å². The number of hydrogen-bond donors (Lipinski definition) is 2. The van der Waals surface area contributed by atoms with Crippen LogP contribution in [0.25, 0.3) is 0 Å². The van der Waals surface area contributed by atoms with Crippen LogP contribution >= 0.6 is 23.2 Å². The topological polar surface area (TPSA) is 127 Å². The molecule has 0 unspecified atom stereocenters. The second-order valence-electron chi connectivity index (χ2n) is 19.7. The van der Waals surface area contributed by atoms with Gasteiger partial charge in [0.1, 0.15) is 6.10 Å². The number of carboxylic acid groups (broad SMARTS) is 1. The number of Topliss-reactive ketones (excluding diaryl/α,β-unsaturated/α-hetero) is 2. The molecule has 1 amide bonds. The number of carbonyl (C=O) groups excluding carboxylic acids is 4. The lowest BCUT2D eigenvalue weighted by molar-refractivity contribution is -0.233. The quantitative estimate of drug-likeness (QED) is 0.189. The largest absolute Gasteiger partial charge is 0.481 e. The van der Waals surface area contributed by atoms with E-state index < -0.39 is 34.5 Å². The molecule has 0 radical (unpaired) electrons. The molecule has 0 saturated heterocycles. The molecule has 8 nitrogen and oxygen atoms in total.